The molecule has 1 aromatic heterocycles. The molecule has 1 amide bonds. The molecule has 4 rings (SSSR count). The first-order valence-corrected chi connectivity index (χ1v) is 12.4. The highest BCUT2D eigenvalue weighted by Gasteiger charge is 2.35. The molecule has 0 bridgehead atoms. The molecule has 186 valence electrons. The highest BCUT2D eigenvalue weighted by molar-refractivity contribution is 5.89. The summed E-state index contributed by atoms with van der Waals surface area (Å²) in [5.74, 6) is -0.546. The van der Waals surface area contributed by atoms with Crippen LogP contribution in [0, 0.1) is 11.8 Å². The molecule has 2 heterocycles. The Kier molecular flexibility index (Phi) is 7.14. The van der Waals surface area contributed by atoms with Gasteiger partial charge in [-0.1, -0.05) is 18.6 Å². The number of carboxylic acid groups (broad SMARTS) is 1. The molecule has 9 heteroatoms. The summed E-state index contributed by atoms with van der Waals surface area (Å²) in [7, 11) is 0. The van der Waals surface area contributed by atoms with Gasteiger partial charge in [-0.3, -0.25) is 9.36 Å². The quantitative estimate of drug-likeness (QED) is 0.595. The molecule has 0 spiro atoms. The number of likely N-dealkylation sites (tertiary alicyclic amines) is 1. The Morgan fingerprint density at radius 2 is 1.82 bits per heavy atom. The Labute approximate surface area is 199 Å². The monoisotopic (exact) mass is 472 g/mol. The number of carbonyl (C=O) groups excluding carboxylic acids is 1. The zero-order valence-corrected chi connectivity index (χ0v) is 20.1. The van der Waals surface area contributed by atoms with Crippen LogP contribution in [-0.2, 0) is 4.79 Å². The number of para-hydroxylation sites is 2. The molecular weight excluding hydrogens is 436 g/mol. The van der Waals surface area contributed by atoms with E-state index in [2.05, 4.69) is 10.2 Å². The maximum Gasteiger partial charge on any atom is 0.337 e. The van der Waals surface area contributed by atoms with Gasteiger partial charge in [0.05, 0.1) is 22.6 Å². The van der Waals surface area contributed by atoms with Crippen LogP contribution in [0.15, 0.2) is 29.1 Å². The van der Waals surface area contributed by atoms with Crippen molar-refractivity contribution in [2.75, 3.05) is 26.2 Å². The van der Waals surface area contributed by atoms with Crippen LogP contribution in [0.4, 0.5) is 4.79 Å². The van der Waals surface area contributed by atoms with Gasteiger partial charge in [0, 0.05) is 32.2 Å². The SMILES string of the molecule is CC(C)n1c(=O)n(C(=O)NCC2(O)CCN(CC3CCCC(C(=O)O)C3)CC2)c2ccccc21. The van der Waals surface area contributed by atoms with Crippen LogP contribution < -0.4 is 11.0 Å². The number of carboxylic acids is 1. The Bertz CT molecular complexity index is 1100. The van der Waals surface area contributed by atoms with Crippen molar-refractivity contribution in [1.82, 2.24) is 19.4 Å². The minimum atomic E-state index is -1.03. The number of aliphatic hydroxyl groups is 1. The smallest absolute Gasteiger partial charge is 0.337 e. The molecule has 2 aliphatic rings. The van der Waals surface area contributed by atoms with Crippen molar-refractivity contribution >= 4 is 23.0 Å². The third-order valence-corrected chi connectivity index (χ3v) is 7.50. The standard InChI is InChI=1S/C25H36N4O5/c1-17(2)28-20-8-3-4-9-21(20)29(24(28)33)23(32)26-16-25(34)10-12-27(13-11-25)15-18-6-5-7-19(14-18)22(30)31/h3-4,8-9,17-19,34H,5-7,10-16H2,1-2H3,(H,26,32)(H,30,31). The van der Waals surface area contributed by atoms with Crippen molar-refractivity contribution in [1.29, 1.82) is 0 Å². The van der Waals surface area contributed by atoms with Gasteiger partial charge in [0.15, 0.2) is 0 Å². The van der Waals surface area contributed by atoms with Gasteiger partial charge in [0.25, 0.3) is 0 Å². The largest absolute Gasteiger partial charge is 0.481 e. The van der Waals surface area contributed by atoms with Crippen molar-refractivity contribution < 1.29 is 19.8 Å². The molecule has 2 unspecified atom stereocenters. The minimum Gasteiger partial charge on any atom is -0.481 e. The second-order valence-corrected chi connectivity index (χ2v) is 10.3. The molecule has 1 saturated heterocycles. The van der Waals surface area contributed by atoms with Crippen molar-refractivity contribution in [3.8, 4) is 0 Å². The third kappa shape index (κ3) is 5.05. The van der Waals surface area contributed by atoms with E-state index in [-0.39, 0.29) is 24.2 Å². The van der Waals surface area contributed by atoms with Crippen molar-refractivity contribution in [2.45, 2.75) is 64.0 Å². The molecule has 1 saturated carbocycles. The topological polar surface area (TPSA) is 117 Å². The molecule has 3 N–H and O–H groups in total. The molecule has 9 nitrogen and oxygen atoms in total. The predicted octanol–water partition coefficient (Wildman–Crippen LogP) is 2.66. The van der Waals surface area contributed by atoms with Crippen molar-refractivity contribution in [3.05, 3.63) is 34.7 Å². The number of piperidine rings is 1. The molecule has 0 radical (unpaired) electrons. The van der Waals surface area contributed by atoms with Crippen LogP contribution in [0.3, 0.4) is 0 Å². The fourth-order valence-electron chi connectivity index (χ4n) is 5.56. The minimum absolute atomic E-state index is 0.0812. The van der Waals surface area contributed by atoms with Gasteiger partial charge in [0.2, 0.25) is 0 Å². The summed E-state index contributed by atoms with van der Waals surface area (Å²) >= 11 is 0. The molecule has 1 aromatic carbocycles. The molecule has 1 aliphatic carbocycles. The Balaban J connectivity index is 1.34. The summed E-state index contributed by atoms with van der Waals surface area (Å²) in [5.41, 5.74) is -0.157. The summed E-state index contributed by atoms with van der Waals surface area (Å²) in [6, 6.07) is 6.60. The molecular formula is C25H36N4O5. The van der Waals surface area contributed by atoms with Gasteiger partial charge >= 0.3 is 17.7 Å². The number of nitrogens with zero attached hydrogens (tertiary/aromatic N) is 3. The lowest BCUT2D eigenvalue weighted by molar-refractivity contribution is -0.143. The predicted molar refractivity (Wildman–Crippen MR) is 129 cm³/mol. The number of hydrogen-bond acceptors (Lipinski definition) is 5. The Hall–Kier alpha value is -2.65. The van der Waals surface area contributed by atoms with Crippen LogP contribution in [0.2, 0.25) is 0 Å². The van der Waals surface area contributed by atoms with E-state index < -0.39 is 17.6 Å². The average Bonchev–Trinajstić information content (AvgIpc) is 3.11. The van der Waals surface area contributed by atoms with E-state index >= 15 is 0 Å². The molecule has 1 aliphatic heterocycles. The first-order valence-electron chi connectivity index (χ1n) is 12.4. The summed E-state index contributed by atoms with van der Waals surface area (Å²) < 4.78 is 2.75. The number of aliphatic carboxylic acids is 1. The molecule has 2 aromatic rings. The normalized spacial score (nSPS) is 23.3. The number of aromatic nitrogens is 2. The fraction of sp³-hybridized carbons (Fsp3) is 0.640. The first-order chi connectivity index (χ1) is 16.2. The van der Waals surface area contributed by atoms with Crippen LogP contribution in [0.5, 0.6) is 0 Å². The lowest BCUT2D eigenvalue weighted by atomic mass is 9.80. The van der Waals surface area contributed by atoms with Gasteiger partial charge in [-0.05, 0) is 64.0 Å². The maximum absolute atomic E-state index is 13.0. The van der Waals surface area contributed by atoms with E-state index in [0.29, 0.717) is 42.9 Å². The van der Waals surface area contributed by atoms with Gasteiger partial charge in [-0.25, -0.2) is 14.2 Å². The van der Waals surface area contributed by atoms with Crippen molar-refractivity contribution in [3.63, 3.8) is 0 Å². The average molecular weight is 473 g/mol. The molecule has 34 heavy (non-hydrogen) atoms. The number of fused-ring (bicyclic) bond motifs is 1. The second-order valence-electron chi connectivity index (χ2n) is 10.3. The molecule has 2 fully saturated rings. The zero-order valence-electron chi connectivity index (χ0n) is 20.1. The second kappa shape index (κ2) is 9.92. The van der Waals surface area contributed by atoms with E-state index in [1.807, 2.05) is 26.0 Å². The number of benzene rings is 1. The van der Waals surface area contributed by atoms with E-state index in [4.69, 9.17) is 0 Å². The maximum atomic E-state index is 13.0. The number of rotatable bonds is 6. The van der Waals surface area contributed by atoms with E-state index in [0.717, 1.165) is 36.8 Å². The Morgan fingerprint density at radius 1 is 1.15 bits per heavy atom. The highest BCUT2D eigenvalue weighted by Crippen LogP contribution is 2.31. The van der Waals surface area contributed by atoms with E-state index in [1.54, 1.807) is 16.7 Å². The zero-order chi connectivity index (χ0) is 24.5. The lowest BCUT2D eigenvalue weighted by Gasteiger charge is -2.40. The van der Waals surface area contributed by atoms with Crippen LogP contribution in [0.25, 0.3) is 11.0 Å². The van der Waals surface area contributed by atoms with Gasteiger partial charge < -0.3 is 20.4 Å². The lowest BCUT2D eigenvalue weighted by Crippen LogP contribution is -2.52. The number of carbonyl (C=O) groups is 2. The van der Waals surface area contributed by atoms with Crippen LogP contribution in [0.1, 0.15) is 58.4 Å². The van der Waals surface area contributed by atoms with Gasteiger partial charge in [-0.15, -0.1) is 0 Å². The number of nitrogens with one attached hydrogen (secondary N) is 1. The van der Waals surface area contributed by atoms with Crippen LogP contribution in [-0.4, -0.2) is 68.0 Å². The Morgan fingerprint density at radius 3 is 2.47 bits per heavy atom. The molecule has 2 atom stereocenters. The first kappa shape index (κ1) is 24.5. The summed E-state index contributed by atoms with van der Waals surface area (Å²) in [4.78, 5) is 39.6. The third-order valence-electron chi connectivity index (χ3n) is 7.50. The van der Waals surface area contributed by atoms with Crippen molar-refractivity contribution in [2.24, 2.45) is 11.8 Å². The highest BCUT2D eigenvalue weighted by atomic mass is 16.4. The fourth-order valence-corrected chi connectivity index (χ4v) is 5.56. The summed E-state index contributed by atoms with van der Waals surface area (Å²) in [6.07, 6.45) is 4.54. The summed E-state index contributed by atoms with van der Waals surface area (Å²) in [5, 5.41) is 23.2. The number of hydrogen-bond donors (Lipinski definition) is 3. The number of amides is 1. The van der Waals surface area contributed by atoms with Gasteiger partial charge in [0.1, 0.15) is 0 Å². The van der Waals surface area contributed by atoms with E-state index in [1.165, 1.54) is 0 Å². The summed E-state index contributed by atoms with van der Waals surface area (Å²) in [6.45, 7) is 6.15. The number of imidazole rings is 1. The van der Waals surface area contributed by atoms with Crippen LogP contribution >= 0.6 is 0 Å². The van der Waals surface area contributed by atoms with E-state index in [9.17, 15) is 24.6 Å². The van der Waals surface area contributed by atoms with Gasteiger partial charge in [-0.2, -0.15) is 0 Å².